The first kappa shape index (κ1) is 8.80. The summed E-state index contributed by atoms with van der Waals surface area (Å²) in [5.41, 5.74) is 7.72. The molecule has 0 aromatic carbocycles. The Labute approximate surface area is 75.8 Å². The quantitative estimate of drug-likeness (QED) is 0.378. The molecule has 3 nitrogen and oxygen atoms in total. The molecule has 0 aliphatic carbocycles. The average molecular weight is 189 g/mol. The molecule has 1 aliphatic rings. The number of hydrogen-bond acceptors (Lipinski definition) is 3. The largest absolute Gasteiger partial charge is 0.375 e. The number of thiocarbonyl (C=S) groups is 1. The van der Waals surface area contributed by atoms with Crippen LogP contribution in [0.2, 0.25) is 0 Å². The second-order valence-electron chi connectivity index (χ2n) is 2.38. The molecule has 1 heterocycles. The van der Waals surface area contributed by atoms with Gasteiger partial charge in [-0.2, -0.15) is 16.9 Å². The molecule has 0 bridgehead atoms. The van der Waals surface area contributed by atoms with E-state index in [4.69, 9.17) is 5.73 Å². The molecular weight excluding hydrogens is 178 g/mol. The smallest absolute Gasteiger partial charge is 0.184 e. The Morgan fingerprint density at radius 2 is 2.64 bits per heavy atom. The lowest BCUT2D eigenvalue weighted by atomic mass is 10.1. The van der Waals surface area contributed by atoms with Gasteiger partial charge in [0, 0.05) is 17.9 Å². The third-order valence-electron chi connectivity index (χ3n) is 1.43. The van der Waals surface area contributed by atoms with Crippen LogP contribution in [0.3, 0.4) is 0 Å². The zero-order valence-corrected chi connectivity index (χ0v) is 7.75. The lowest BCUT2D eigenvalue weighted by molar-refractivity contribution is 0.798. The van der Waals surface area contributed by atoms with E-state index in [0.717, 1.165) is 0 Å². The van der Waals surface area contributed by atoms with Gasteiger partial charge in [0.2, 0.25) is 0 Å². The van der Waals surface area contributed by atoms with Crippen molar-refractivity contribution in [3.05, 3.63) is 0 Å². The second-order valence-corrected chi connectivity index (χ2v) is 3.97. The van der Waals surface area contributed by atoms with Gasteiger partial charge in [-0.25, -0.2) is 0 Å². The molecule has 0 saturated carbocycles. The molecule has 0 aromatic rings. The number of rotatable bonds is 2. The van der Waals surface area contributed by atoms with Crippen molar-refractivity contribution in [1.82, 2.24) is 5.43 Å². The van der Waals surface area contributed by atoms with Crippen LogP contribution in [0.4, 0.5) is 0 Å². The first-order valence-corrected chi connectivity index (χ1v) is 5.01. The standard InChI is InChI=1S/C6H11N3S2/c7-6(10)9-8-3-5-1-2-11-4-5/h3,5H,1-2,4H2,(H3,7,9,10)/b8-3+. The highest BCUT2D eigenvalue weighted by Crippen LogP contribution is 2.21. The predicted octanol–water partition coefficient (Wildman–Crippen LogP) is 0.558. The zero-order valence-electron chi connectivity index (χ0n) is 6.12. The van der Waals surface area contributed by atoms with Gasteiger partial charge < -0.3 is 5.73 Å². The predicted molar refractivity (Wildman–Crippen MR) is 53.8 cm³/mol. The van der Waals surface area contributed by atoms with Crippen molar-refractivity contribution >= 4 is 35.3 Å². The Hall–Kier alpha value is -0.290. The average Bonchev–Trinajstić information content (AvgIpc) is 2.39. The van der Waals surface area contributed by atoms with Crippen molar-refractivity contribution in [2.75, 3.05) is 11.5 Å². The maximum absolute atomic E-state index is 5.18. The molecule has 0 aromatic heterocycles. The normalized spacial score (nSPS) is 24.2. The molecule has 1 aliphatic heterocycles. The summed E-state index contributed by atoms with van der Waals surface area (Å²) in [5.74, 6) is 3.01. The van der Waals surface area contributed by atoms with Crippen LogP contribution in [0.25, 0.3) is 0 Å². The van der Waals surface area contributed by atoms with E-state index in [1.54, 1.807) is 0 Å². The van der Waals surface area contributed by atoms with Gasteiger partial charge in [-0.05, 0) is 24.4 Å². The summed E-state index contributed by atoms with van der Waals surface area (Å²) in [5, 5.41) is 4.13. The number of hydrogen-bond donors (Lipinski definition) is 2. The highest BCUT2D eigenvalue weighted by Gasteiger charge is 2.12. The third-order valence-corrected chi connectivity index (χ3v) is 2.70. The lowest BCUT2D eigenvalue weighted by Crippen LogP contribution is -2.24. The van der Waals surface area contributed by atoms with Crippen molar-refractivity contribution in [2.45, 2.75) is 6.42 Å². The number of thioether (sulfide) groups is 1. The van der Waals surface area contributed by atoms with E-state index >= 15 is 0 Å². The van der Waals surface area contributed by atoms with Gasteiger partial charge in [0.25, 0.3) is 0 Å². The van der Waals surface area contributed by atoms with E-state index in [2.05, 4.69) is 22.7 Å². The fourth-order valence-corrected chi connectivity index (χ4v) is 2.12. The molecule has 11 heavy (non-hydrogen) atoms. The van der Waals surface area contributed by atoms with Crippen LogP contribution in [0.1, 0.15) is 6.42 Å². The summed E-state index contributed by atoms with van der Waals surface area (Å²) in [6.07, 6.45) is 3.10. The molecule has 0 spiro atoms. The zero-order chi connectivity index (χ0) is 8.10. The van der Waals surface area contributed by atoms with Crippen LogP contribution >= 0.6 is 24.0 Å². The molecule has 1 unspecified atom stereocenters. The minimum Gasteiger partial charge on any atom is -0.375 e. The van der Waals surface area contributed by atoms with E-state index in [0.29, 0.717) is 5.92 Å². The van der Waals surface area contributed by atoms with Crippen LogP contribution < -0.4 is 11.2 Å². The summed E-state index contributed by atoms with van der Waals surface area (Å²) in [7, 11) is 0. The molecule has 1 rings (SSSR count). The van der Waals surface area contributed by atoms with Gasteiger partial charge in [-0.3, -0.25) is 5.43 Å². The van der Waals surface area contributed by atoms with Crippen LogP contribution in [0.15, 0.2) is 5.10 Å². The molecule has 62 valence electrons. The van der Waals surface area contributed by atoms with E-state index in [1.165, 1.54) is 17.9 Å². The summed E-state index contributed by atoms with van der Waals surface area (Å²) in [6.45, 7) is 0. The minimum absolute atomic E-state index is 0.229. The highest BCUT2D eigenvalue weighted by molar-refractivity contribution is 7.99. The van der Waals surface area contributed by atoms with Crippen LogP contribution in [0.5, 0.6) is 0 Å². The van der Waals surface area contributed by atoms with Crippen molar-refractivity contribution in [1.29, 1.82) is 0 Å². The molecule has 5 heteroatoms. The van der Waals surface area contributed by atoms with E-state index < -0.39 is 0 Å². The SMILES string of the molecule is NC(=S)N/N=C/C1CCSC1. The fraction of sp³-hybridized carbons (Fsp3) is 0.667. The highest BCUT2D eigenvalue weighted by atomic mass is 32.2. The number of nitrogens with one attached hydrogen (secondary N) is 1. The van der Waals surface area contributed by atoms with Gasteiger partial charge in [-0.15, -0.1) is 0 Å². The maximum Gasteiger partial charge on any atom is 0.184 e. The van der Waals surface area contributed by atoms with E-state index in [9.17, 15) is 0 Å². The lowest BCUT2D eigenvalue weighted by Gasteiger charge is -1.98. The molecule has 0 amide bonds. The molecule has 3 N–H and O–H groups in total. The molecule has 0 radical (unpaired) electrons. The van der Waals surface area contributed by atoms with Gasteiger partial charge >= 0.3 is 0 Å². The minimum atomic E-state index is 0.229. The Bertz CT molecular complexity index is 163. The number of nitrogens with zero attached hydrogens (tertiary/aromatic N) is 1. The molecule has 1 fully saturated rings. The van der Waals surface area contributed by atoms with Gasteiger partial charge in [-0.1, -0.05) is 0 Å². The number of nitrogens with two attached hydrogens (primary N) is 1. The summed E-state index contributed by atoms with van der Waals surface area (Å²) >= 11 is 6.54. The van der Waals surface area contributed by atoms with Crippen molar-refractivity contribution in [3.8, 4) is 0 Å². The van der Waals surface area contributed by atoms with Crippen molar-refractivity contribution in [3.63, 3.8) is 0 Å². The maximum atomic E-state index is 5.18. The third kappa shape index (κ3) is 3.57. The van der Waals surface area contributed by atoms with Crippen LogP contribution in [-0.4, -0.2) is 22.8 Å². The van der Waals surface area contributed by atoms with Crippen molar-refractivity contribution in [2.24, 2.45) is 16.8 Å². The Balaban J connectivity index is 2.17. The van der Waals surface area contributed by atoms with Gasteiger partial charge in [0.1, 0.15) is 0 Å². The Morgan fingerprint density at radius 3 is 3.18 bits per heavy atom. The van der Waals surface area contributed by atoms with Crippen LogP contribution in [0, 0.1) is 5.92 Å². The van der Waals surface area contributed by atoms with E-state index in [1.807, 2.05) is 18.0 Å². The van der Waals surface area contributed by atoms with E-state index in [-0.39, 0.29) is 5.11 Å². The summed E-state index contributed by atoms with van der Waals surface area (Å²) in [4.78, 5) is 0. The molecular formula is C6H11N3S2. The second kappa shape index (κ2) is 4.56. The first-order valence-electron chi connectivity index (χ1n) is 3.45. The summed E-state index contributed by atoms with van der Waals surface area (Å²) < 4.78 is 0. The van der Waals surface area contributed by atoms with Gasteiger partial charge in [0.05, 0.1) is 0 Å². The Kier molecular flexibility index (Phi) is 3.65. The summed E-state index contributed by atoms with van der Waals surface area (Å²) in [6, 6.07) is 0. The molecule has 1 saturated heterocycles. The number of hydrazone groups is 1. The monoisotopic (exact) mass is 189 g/mol. The molecule has 1 atom stereocenters. The van der Waals surface area contributed by atoms with Crippen molar-refractivity contribution < 1.29 is 0 Å². The van der Waals surface area contributed by atoms with Crippen LogP contribution in [-0.2, 0) is 0 Å². The fourth-order valence-electron chi connectivity index (χ4n) is 0.877. The topological polar surface area (TPSA) is 50.4 Å². The van der Waals surface area contributed by atoms with Gasteiger partial charge in [0.15, 0.2) is 5.11 Å². The first-order chi connectivity index (χ1) is 5.29. The Morgan fingerprint density at radius 1 is 1.82 bits per heavy atom.